The summed E-state index contributed by atoms with van der Waals surface area (Å²) in [5, 5.41) is 0. The van der Waals surface area contributed by atoms with E-state index in [4.69, 9.17) is 4.74 Å². The third-order valence-electron chi connectivity index (χ3n) is 2.29. The Hall–Kier alpha value is -2.09. The van der Waals surface area contributed by atoms with E-state index >= 15 is 0 Å². The van der Waals surface area contributed by atoms with Crippen LogP contribution < -0.4 is 9.30 Å². The third kappa shape index (κ3) is 2.70. The fraction of sp³-hybridized carbons (Fsp3) is 0.0714. The first-order chi connectivity index (χ1) is 7.88. The molecule has 2 heteroatoms. The van der Waals surface area contributed by atoms with Crippen LogP contribution in [-0.4, -0.2) is 7.11 Å². The minimum atomic E-state index is 0.879. The lowest BCUT2D eigenvalue weighted by atomic mass is 10.2. The average molecular weight is 212 g/mol. The molecule has 2 aromatic rings. The number of hydrogen-bond donors (Lipinski definition) is 0. The molecule has 16 heavy (non-hydrogen) atoms. The molecule has 0 radical (unpaired) electrons. The summed E-state index contributed by atoms with van der Waals surface area (Å²) >= 11 is 0. The molecule has 0 amide bonds. The molecule has 1 aromatic heterocycles. The number of nitrogens with zero attached hydrogens (tertiary/aromatic N) is 1. The minimum Gasteiger partial charge on any atom is -0.497 e. The molecule has 0 spiro atoms. The molecule has 0 bridgehead atoms. The highest BCUT2D eigenvalue weighted by atomic mass is 16.5. The Balaban J connectivity index is 2.12. The van der Waals surface area contributed by atoms with Crippen LogP contribution in [-0.2, 0) is 0 Å². The zero-order valence-electron chi connectivity index (χ0n) is 9.21. The Labute approximate surface area is 95.4 Å². The number of pyridine rings is 1. The highest BCUT2D eigenvalue weighted by Crippen LogP contribution is 2.11. The molecule has 0 fully saturated rings. The molecule has 1 heterocycles. The molecule has 0 saturated carbocycles. The van der Waals surface area contributed by atoms with Crippen molar-refractivity contribution >= 4 is 12.3 Å². The van der Waals surface area contributed by atoms with Gasteiger partial charge in [-0.2, -0.15) is 4.57 Å². The van der Waals surface area contributed by atoms with E-state index in [0.29, 0.717) is 0 Å². The Morgan fingerprint density at radius 1 is 1.00 bits per heavy atom. The molecule has 0 aliphatic rings. The highest BCUT2D eigenvalue weighted by molar-refractivity contribution is 5.57. The van der Waals surface area contributed by atoms with Crippen molar-refractivity contribution < 1.29 is 9.30 Å². The molecule has 0 aliphatic carbocycles. The highest BCUT2D eigenvalue weighted by Gasteiger charge is 1.93. The van der Waals surface area contributed by atoms with Crippen LogP contribution in [0.1, 0.15) is 5.56 Å². The zero-order valence-corrected chi connectivity index (χ0v) is 9.21. The predicted molar refractivity (Wildman–Crippen MR) is 64.9 cm³/mol. The van der Waals surface area contributed by atoms with Gasteiger partial charge in [-0.3, -0.25) is 0 Å². The lowest BCUT2D eigenvalue weighted by molar-refractivity contribution is -0.567. The number of hydrogen-bond acceptors (Lipinski definition) is 1. The van der Waals surface area contributed by atoms with Gasteiger partial charge in [0.1, 0.15) is 5.75 Å². The molecule has 0 aliphatic heterocycles. The molecule has 0 saturated heterocycles. The summed E-state index contributed by atoms with van der Waals surface area (Å²) in [5.74, 6) is 0.879. The van der Waals surface area contributed by atoms with Gasteiger partial charge in [-0.1, -0.05) is 18.2 Å². The van der Waals surface area contributed by atoms with Gasteiger partial charge < -0.3 is 4.74 Å². The molecule has 1 aromatic carbocycles. The second-order valence-corrected chi connectivity index (χ2v) is 3.41. The summed E-state index contributed by atoms with van der Waals surface area (Å²) in [5.41, 5.74) is 1.15. The summed E-state index contributed by atoms with van der Waals surface area (Å²) in [7, 11) is 1.67. The van der Waals surface area contributed by atoms with Crippen LogP contribution in [0.4, 0.5) is 0 Å². The van der Waals surface area contributed by atoms with E-state index in [9.17, 15) is 0 Å². The van der Waals surface area contributed by atoms with Gasteiger partial charge in [-0.05, 0) is 17.7 Å². The molecule has 80 valence electrons. The first-order valence-corrected chi connectivity index (χ1v) is 5.16. The standard InChI is InChI=1S/C14H14NO/c1-16-14-7-5-13(6-8-14)9-12-15-10-3-2-4-11-15/h2-12H,1H3/q+1/b12-9+. The molecular formula is C14H14NO+. The van der Waals surface area contributed by atoms with Crippen LogP contribution in [0.25, 0.3) is 12.3 Å². The molecular weight excluding hydrogens is 198 g/mol. The number of ether oxygens (including phenoxy) is 1. The van der Waals surface area contributed by atoms with E-state index in [0.717, 1.165) is 11.3 Å². The quantitative estimate of drug-likeness (QED) is 0.713. The Morgan fingerprint density at radius 3 is 2.31 bits per heavy atom. The zero-order chi connectivity index (χ0) is 11.2. The van der Waals surface area contributed by atoms with Crippen molar-refractivity contribution in [2.45, 2.75) is 0 Å². The van der Waals surface area contributed by atoms with Crippen molar-refractivity contribution in [3.63, 3.8) is 0 Å². The second-order valence-electron chi connectivity index (χ2n) is 3.41. The third-order valence-corrected chi connectivity index (χ3v) is 2.29. The second kappa shape index (κ2) is 5.12. The lowest BCUT2D eigenvalue weighted by Gasteiger charge is -1.98. The largest absolute Gasteiger partial charge is 0.497 e. The smallest absolute Gasteiger partial charge is 0.175 e. The molecule has 2 rings (SSSR count). The normalized spacial score (nSPS) is 10.6. The predicted octanol–water partition coefficient (Wildman–Crippen LogP) is 2.61. The monoisotopic (exact) mass is 212 g/mol. The van der Waals surface area contributed by atoms with Crippen LogP contribution in [0.15, 0.2) is 54.9 Å². The first-order valence-electron chi connectivity index (χ1n) is 5.16. The SMILES string of the molecule is COc1ccc(/C=C/[n+]2ccccc2)cc1. The Bertz CT molecular complexity index is 460. The molecule has 2 nitrogen and oxygen atoms in total. The van der Waals surface area contributed by atoms with Gasteiger partial charge in [0.05, 0.1) is 7.11 Å². The maximum atomic E-state index is 5.10. The molecule has 0 atom stereocenters. The fourth-order valence-electron chi connectivity index (χ4n) is 1.40. The summed E-state index contributed by atoms with van der Waals surface area (Å²) in [4.78, 5) is 0. The topological polar surface area (TPSA) is 13.1 Å². The molecule has 0 unspecified atom stereocenters. The molecule has 0 N–H and O–H groups in total. The maximum absolute atomic E-state index is 5.10. The Morgan fingerprint density at radius 2 is 1.69 bits per heavy atom. The van der Waals surface area contributed by atoms with Gasteiger partial charge in [-0.15, -0.1) is 0 Å². The van der Waals surface area contributed by atoms with Crippen LogP contribution in [0.5, 0.6) is 5.75 Å². The fourth-order valence-corrected chi connectivity index (χ4v) is 1.40. The van der Waals surface area contributed by atoms with Crippen LogP contribution >= 0.6 is 0 Å². The lowest BCUT2D eigenvalue weighted by Crippen LogP contribution is -2.23. The number of benzene rings is 1. The van der Waals surface area contributed by atoms with E-state index < -0.39 is 0 Å². The van der Waals surface area contributed by atoms with Crippen LogP contribution in [0.2, 0.25) is 0 Å². The number of aromatic nitrogens is 1. The number of rotatable bonds is 3. The van der Waals surface area contributed by atoms with Crippen LogP contribution in [0.3, 0.4) is 0 Å². The summed E-state index contributed by atoms with van der Waals surface area (Å²) in [6.45, 7) is 0. The average Bonchev–Trinajstić information content (AvgIpc) is 2.38. The Kier molecular flexibility index (Phi) is 3.34. The van der Waals surface area contributed by atoms with Crippen molar-refractivity contribution in [2.75, 3.05) is 7.11 Å². The summed E-state index contributed by atoms with van der Waals surface area (Å²) < 4.78 is 7.11. The van der Waals surface area contributed by atoms with Gasteiger partial charge in [0.2, 0.25) is 0 Å². The maximum Gasteiger partial charge on any atom is 0.175 e. The van der Waals surface area contributed by atoms with Crippen molar-refractivity contribution in [3.8, 4) is 5.75 Å². The van der Waals surface area contributed by atoms with Crippen molar-refractivity contribution in [1.29, 1.82) is 0 Å². The van der Waals surface area contributed by atoms with E-state index in [-0.39, 0.29) is 0 Å². The van der Waals surface area contributed by atoms with E-state index in [1.807, 2.05) is 65.6 Å². The van der Waals surface area contributed by atoms with Crippen molar-refractivity contribution in [3.05, 3.63) is 60.4 Å². The van der Waals surface area contributed by atoms with E-state index in [2.05, 4.69) is 6.08 Å². The first kappa shape index (κ1) is 10.4. The van der Waals surface area contributed by atoms with Gasteiger partial charge in [-0.25, -0.2) is 0 Å². The minimum absolute atomic E-state index is 0.879. The van der Waals surface area contributed by atoms with Crippen molar-refractivity contribution in [1.82, 2.24) is 0 Å². The number of methoxy groups -OCH3 is 1. The van der Waals surface area contributed by atoms with E-state index in [1.165, 1.54) is 0 Å². The van der Waals surface area contributed by atoms with E-state index in [1.54, 1.807) is 7.11 Å². The summed E-state index contributed by atoms with van der Waals surface area (Å²) in [6.07, 6.45) is 8.07. The van der Waals surface area contributed by atoms with Gasteiger partial charge in [0.25, 0.3) is 0 Å². The van der Waals surface area contributed by atoms with Gasteiger partial charge in [0.15, 0.2) is 18.6 Å². The van der Waals surface area contributed by atoms with Gasteiger partial charge in [0, 0.05) is 18.2 Å². The van der Waals surface area contributed by atoms with Crippen LogP contribution in [0, 0.1) is 0 Å². The van der Waals surface area contributed by atoms with Gasteiger partial charge >= 0.3 is 0 Å². The van der Waals surface area contributed by atoms with Crippen molar-refractivity contribution in [2.24, 2.45) is 0 Å². The summed E-state index contributed by atoms with van der Waals surface area (Å²) in [6, 6.07) is 14.0.